The van der Waals surface area contributed by atoms with Crippen LogP contribution in [-0.4, -0.2) is 36.1 Å². The summed E-state index contributed by atoms with van der Waals surface area (Å²) >= 11 is 0. The molecule has 16 heavy (non-hydrogen) atoms. The third-order valence-corrected chi connectivity index (χ3v) is 1.80. The predicted octanol–water partition coefficient (Wildman–Crippen LogP) is -0.0590. The van der Waals surface area contributed by atoms with Gasteiger partial charge in [0, 0.05) is 12.2 Å². The number of carboxylic acid groups (broad SMARTS) is 1. The number of carbonyl (C=O) groups excluding carboxylic acids is 2. The Kier molecular flexibility index (Phi) is 5.84. The van der Waals surface area contributed by atoms with Crippen LogP contribution in [0.2, 0.25) is 0 Å². The van der Waals surface area contributed by atoms with Gasteiger partial charge in [-0.15, -0.1) is 0 Å². The van der Waals surface area contributed by atoms with E-state index in [0.717, 1.165) is 6.08 Å². The first-order chi connectivity index (χ1) is 7.38. The molecule has 0 aliphatic carbocycles. The molecule has 0 aliphatic heterocycles. The van der Waals surface area contributed by atoms with Gasteiger partial charge in [-0.3, -0.25) is 4.79 Å². The Balaban J connectivity index is 4.47. The summed E-state index contributed by atoms with van der Waals surface area (Å²) in [6.07, 6.45) is 1.55. The largest absolute Gasteiger partial charge is 0.478 e. The molecule has 1 amide bonds. The van der Waals surface area contributed by atoms with Crippen LogP contribution in [0, 0.1) is 5.92 Å². The Labute approximate surface area is 93.3 Å². The molecule has 6 nitrogen and oxygen atoms in total. The highest BCUT2D eigenvalue weighted by molar-refractivity contribution is 5.95. The van der Waals surface area contributed by atoms with Gasteiger partial charge in [-0.2, -0.15) is 0 Å². The highest BCUT2D eigenvalue weighted by Crippen LogP contribution is 2.03. The summed E-state index contributed by atoms with van der Waals surface area (Å²) in [6, 6.07) is -0.782. The van der Waals surface area contributed by atoms with Crippen molar-refractivity contribution in [2.75, 3.05) is 7.11 Å². The van der Waals surface area contributed by atoms with E-state index in [1.54, 1.807) is 13.8 Å². The van der Waals surface area contributed by atoms with Gasteiger partial charge in [0.25, 0.3) is 0 Å². The predicted molar refractivity (Wildman–Crippen MR) is 55.6 cm³/mol. The van der Waals surface area contributed by atoms with Crippen LogP contribution >= 0.6 is 0 Å². The highest BCUT2D eigenvalue weighted by Gasteiger charge is 2.23. The summed E-state index contributed by atoms with van der Waals surface area (Å²) < 4.78 is 4.51. The number of esters is 1. The first-order valence-corrected chi connectivity index (χ1v) is 4.67. The van der Waals surface area contributed by atoms with Crippen molar-refractivity contribution in [3.63, 3.8) is 0 Å². The van der Waals surface area contributed by atoms with Crippen LogP contribution in [0.3, 0.4) is 0 Å². The van der Waals surface area contributed by atoms with Gasteiger partial charge in [0.15, 0.2) is 0 Å². The highest BCUT2D eigenvalue weighted by atomic mass is 16.5. The molecule has 0 bridgehead atoms. The van der Waals surface area contributed by atoms with E-state index < -0.39 is 23.9 Å². The zero-order valence-corrected chi connectivity index (χ0v) is 9.39. The second-order valence-electron chi connectivity index (χ2n) is 3.43. The second kappa shape index (κ2) is 6.60. The number of ether oxygens (including phenoxy) is 1. The van der Waals surface area contributed by atoms with Gasteiger partial charge in [0.2, 0.25) is 5.91 Å². The van der Waals surface area contributed by atoms with Crippen LogP contribution in [0.5, 0.6) is 0 Å². The number of carbonyl (C=O) groups is 3. The summed E-state index contributed by atoms with van der Waals surface area (Å²) in [5.41, 5.74) is 0. The Morgan fingerprint density at radius 1 is 1.25 bits per heavy atom. The first kappa shape index (κ1) is 14.2. The van der Waals surface area contributed by atoms with Gasteiger partial charge in [0.1, 0.15) is 6.04 Å². The fourth-order valence-electron chi connectivity index (χ4n) is 0.973. The average Bonchev–Trinajstić information content (AvgIpc) is 2.21. The molecule has 0 fully saturated rings. The zero-order chi connectivity index (χ0) is 12.7. The Morgan fingerprint density at radius 3 is 2.19 bits per heavy atom. The third-order valence-electron chi connectivity index (χ3n) is 1.80. The molecule has 90 valence electrons. The molecule has 0 radical (unpaired) electrons. The van der Waals surface area contributed by atoms with Crippen LogP contribution in [0.1, 0.15) is 13.8 Å². The smallest absolute Gasteiger partial charge is 0.328 e. The quantitative estimate of drug-likeness (QED) is 0.509. The lowest BCUT2D eigenvalue weighted by Crippen LogP contribution is -2.44. The maximum Gasteiger partial charge on any atom is 0.328 e. The standard InChI is InChI=1S/C10H15NO5/c1-6(2)9(10(15)16-3)11-7(12)4-5-8(13)14/h4-6,9H,1-3H3,(H,11,12)(H,13,14)/b5-4+. The van der Waals surface area contributed by atoms with Crippen molar-refractivity contribution >= 4 is 17.8 Å². The Hall–Kier alpha value is -1.85. The lowest BCUT2D eigenvalue weighted by molar-refractivity contribution is -0.145. The van der Waals surface area contributed by atoms with E-state index in [-0.39, 0.29) is 5.92 Å². The summed E-state index contributed by atoms with van der Waals surface area (Å²) in [6.45, 7) is 3.48. The van der Waals surface area contributed by atoms with Crippen molar-refractivity contribution in [3.05, 3.63) is 12.2 Å². The Morgan fingerprint density at radius 2 is 1.81 bits per heavy atom. The molecule has 1 unspecified atom stereocenters. The third kappa shape index (κ3) is 5.14. The molecular weight excluding hydrogens is 214 g/mol. The minimum Gasteiger partial charge on any atom is -0.478 e. The topological polar surface area (TPSA) is 92.7 Å². The van der Waals surface area contributed by atoms with Crippen molar-refractivity contribution in [2.45, 2.75) is 19.9 Å². The summed E-state index contributed by atoms with van der Waals surface area (Å²) in [5, 5.41) is 10.7. The lowest BCUT2D eigenvalue weighted by Gasteiger charge is -2.18. The van der Waals surface area contributed by atoms with Crippen molar-refractivity contribution < 1.29 is 24.2 Å². The fourth-order valence-corrected chi connectivity index (χ4v) is 0.973. The first-order valence-electron chi connectivity index (χ1n) is 4.67. The number of rotatable bonds is 5. The SMILES string of the molecule is COC(=O)C(NC(=O)/C=C/C(=O)O)C(C)C. The summed E-state index contributed by atoms with van der Waals surface area (Å²) in [5.74, 6) is -2.58. The van der Waals surface area contributed by atoms with Crippen LogP contribution in [0.15, 0.2) is 12.2 Å². The van der Waals surface area contributed by atoms with Crippen molar-refractivity contribution in [2.24, 2.45) is 5.92 Å². The lowest BCUT2D eigenvalue weighted by atomic mass is 10.0. The average molecular weight is 229 g/mol. The monoisotopic (exact) mass is 229 g/mol. The van der Waals surface area contributed by atoms with E-state index in [4.69, 9.17) is 5.11 Å². The maximum atomic E-state index is 11.2. The van der Waals surface area contributed by atoms with E-state index in [1.807, 2.05) is 0 Å². The van der Waals surface area contributed by atoms with Crippen molar-refractivity contribution in [3.8, 4) is 0 Å². The molecule has 0 aromatic carbocycles. The molecule has 0 heterocycles. The van der Waals surface area contributed by atoms with Gasteiger partial charge >= 0.3 is 11.9 Å². The molecule has 0 aromatic heterocycles. The normalized spacial score (nSPS) is 12.5. The van der Waals surface area contributed by atoms with E-state index in [9.17, 15) is 14.4 Å². The van der Waals surface area contributed by atoms with E-state index in [2.05, 4.69) is 10.1 Å². The summed E-state index contributed by atoms with van der Waals surface area (Å²) in [7, 11) is 1.22. The molecule has 0 aromatic rings. The van der Waals surface area contributed by atoms with Crippen LogP contribution in [0.4, 0.5) is 0 Å². The molecule has 1 atom stereocenters. The number of methoxy groups -OCH3 is 1. The van der Waals surface area contributed by atoms with Crippen molar-refractivity contribution in [1.29, 1.82) is 0 Å². The van der Waals surface area contributed by atoms with Gasteiger partial charge in [-0.1, -0.05) is 13.8 Å². The number of hydrogen-bond acceptors (Lipinski definition) is 4. The number of aliphatic carboxylic acids is 1. The van der Waals surface area contributed by atoms with Crippen LogP contribution in [-0.2, 0) is 19.1 Å². The molecule has 0 rings (SSSR count). The number of hydrogen-bond donors (Lipinski definition) is 2. The van der Waals surface area contributed by atoms with Crippen LogP contribution < -0.4 is 5.32 Å². The molecule has 0 saturated carbocycles. The van der Waals surface area contributed by atoms with Gasteiger partial charge in [-0.25, -0.2) is 9.59 Å². The van der Waals surface area contributed by atoms with Gasteiger partial charge < -0.3 is 15.2 Å². The van der Waals surface area contributed by atoms with E-state index in [0.29, 0.717) is 6.08 Å². The van der Waals surface area contributed by atoms with Crippen LogP contribution in [0.25, 0.3) is 0 Å². The molecule has 0 spiro atoms. The van der Waals surface area contributed by atoms with Crippen molar-refractivity contribution in [1.82, 2.24) is 5.32 Å². The maximum absolute atomic E-state index is 11.2. The van der Waals surface area contributed by atoms with Gasteiger partial charge in [0.05, 0.1) is 7.11 Å². The molecular formula is C10H15NO5. The van der Waals surface area contributed by atoms with Gasteiger partial charge in [-0.05, 0) is 5.92 Å². The fraction of sp³-hybridized carbons (Fsp3) is 0.500. The number of carboxylic acids is 1. The molecule has 2 N–H and O–H groups in total. The minimum absolute atomic E-state index is 0.144. The summed E-state index contributed by atoms with van der Waals surface area (Å²) in [4.78, 5) is 32.6. The Bertz CT molecular complexity index is 308. The number of nitrogens with one attached hydrogen (secondary N) is 1. The second-order valence-corrected chi connectivity index (χ2v) is 3.43. The van der Waals surface area contributed by atoms with E-state index >= 15 is 0 Å². The minimum atomic E-state index is -1.23. The number of amides is 1. The molecule has 6 heteroatoms. The van der Waals surface area contributed by atoms with E-state index in [1.165, 1.54) is 7.11 Å². The molecule has 0 saturated heterocycles. The molecule has 0 aliphatic rings. The zero-order valence-electron chi connectivity index (χ0n) is 9.39.